The van der Waals surface area contributed by atoms with Gasteiger partial charge in [-0.25, -0.2) is 4.98 Å². The minimum atomic E-state index is 0.172. The molecule has 1 saturated heterocycles. The molecule has 0 atom stereocenters. The molecular weight excluding hydrogens is 264 g/mol. The van der Waals surface area contributed by atoms with Crippen LogP contribution in [0.15, 0.2) is 18.3 Å². The van der Waals surface area contributed by atoms with Crippen LogP contribution >= 0.6 is 0 Å². The summed E-state index contributed by atoms with van der Waals surface area (Å²) in [7, 11) is 0. The quantitative estimate of drug-likeness (QED) is 0.776. The molecule has 1 aliphatic rings. The first-order valence-electron chi connectivity index (χ1n) is 7.99. The van der Waals surface area contributed by atoms with Crippen molar-refractivity contribution in [2.24, 2.45) is 5.73 Å². The highest BCUT2D eigenvalue weighted by molar-refractivity contribution is 5.52. The molecular formula is C16H28N4O. The Morgan fingerprint density at radius 1 is 1.24 bits per heavy atom. The molecule has 5 heteroatoms. The van der Waals surface area contributed by atoms with Gasteiger partial charge >= 0.3 is 0 Å². The van der Waals surface area contributed by atoms with Gasteiger partial charge in [-0.3, -0.25) is 4.90 Å². The first-order valence-corrected chi connectivity index (χ1v) is 7.99. The summed E-state index contributed by atoms with van der Waals surface area (Å²) >= 11 is 0. The molecule has 0 unspecified atom stereocenters. The van der Waals surface area contributed by atoms with Crippen LogP contribution in [0.25, 0.3) is 0 Å². The monoisotopic (exact) mass is 292 g/mol. The van der Waals surface area contributed by atoms with E-state index >= 15 is 0 Å². The maximum atomic E-state index is 5.87. The molecule has 2 rings (SSSR count). The third-order valence-corrected chi connectivity index (χ3v) is 3.71. The van der Waals surface area contributed by atoms with E-state index in [9.17, 15) is 0 Å². The Bertz CT molecular complexity index is 416. The molecule has 5 nitrogen and oxygen atoms in total. The van der Waals surface area contributed by atoms with Crippen LogP contribution in [-0.4, -0.2) is 55.3 Å². The van der Waals surface area contributed by atoms with Crippen LogP contribution in [0.4, 0.5) is 5.82 Å². The lowest BCUT2D eigenvalue weighted by Crippen LogP contribution is -2.47. The van der Waals surface area contributed by atoms with Crippen LogP contribution < -0.4 is 15.4 Å². The second-order valence-electron chi connectivity index (χ2n) is 5.82. The smallest absolute Gasteiger partial charge is 0.171 e. The van der Waals surface area contributed by atoms with Crippen LogP contribution in [-0.2, 0) is 0 Å². The van der Waals surface area contributed by atoms with E-state index in [0.717, 1.165) is 57.3 Å². The Morgan fingerprint density at radius 2 is 2.00 bits per heavy atom. The predicted molar refractivity (Wildman–Crippen MR) is 86.9 cm³/mol. The van der Waals surface area contributed by atoms with Gasteiger partial charge in [0.2, 0.25) is 0 Å². The highest BCUT2D eigenvalue weighted by Crippen LogP contribution is 2.27. The second kappa shape index (κ2) is 8.20. The van der Waals surface area contributed by atoms with Crippen molar-refractivity contribution in [3.05, 3.63) is 18.3 Å². The van der Waals surface area contributed by atoms with E-state index in [-0.39, 0.29) is 6.10 Å². The molecule has 0 aromatic carbocycles. The van der Waals surface area contributed by atoms with Crippen molar-refractivity contribution in [2.75, 3.05) is 44.2 Å². The number of nitrogens with two attached hydrogens (primary N) is 1. The molecule has 0 saturated carbocycles. The first kappa shape index (κ1) is 16.0. The molecule has 1 aromatic heterocycles. The molecule has 0 aliphatic carbocycles. The molecule has 1 aromatic rings. The highest BCUT2D eigenvalue weighted by atomic mass is 16.5. The van der Waals surface area contributed by atoms with Crippen LogP contribution in [0.2, 0.25) is 0 Å². The summed E-state index contributed by atoms with van der Waals surface area (Å²) in [6.07, 6.45) is 4.33. The minimum Gasteiger partial charge on any atom is -0.487 e. The minimum absolute atomic E-state index is 0.172. The van der Waals surface area contributed by atoms with Crippen molar-refractivity contribution in [3.63, 3.8) is 0 Å². The van der Waals surface area contributed by atoms with Crippen molar-refractivity contribution in [2.45, 2.75) is 32.8 Å². The van der Waals surface area contributed by atoms with E-state index in [4.69, 9.17) is 10.5 Å². The number of hydrogen-bond acceptors (Lipinski definition) is 5. The number of unbranched alkanes of at least 4 members (excludes halogenated alkanes) is 1. The Morgan fingerprint density at radius 3 is 2.67 bits per heavy atom. The zero-order valence-corrected chi connectivity index (χ0v) is 13.3. The molecule has 1 fully saturated rings. The number of ether oxygens (including phenoxy) is 1. The summed E-state index contributed by atoms with van der Waals surface area (Å²) in [5.41, 5.74) is 5.55. The summed E-state index contributed by atoms with van der Waals surface area (Å²) in [5.74, 6) is 1.87. The van der Waals surface area contributed by atoms with E-state index in [1.165, 1.54) is 6.42 Å². The number of piperazine rings is 1. The lowest BCUT2D eigenvalue weighted by atomic mass is 10.2. The lowest BCUT2D eigenvalue weighted by Gasteiger charge is -2.36. The standard InChI is InChI=1S/C16H28N4O/c1-14(2)21-15-6-5-8-18-16(15)20-12-10-19(11-13-20)9-4-3-7-17/h5-6,8,14H,3-4,7,9-13,17H2,1-2H3. The second-order valence-corrected chi connectivity index (χ2v) is 5.82. The zero-order chi connectivity index (χ0) is 15.1. The van der Waals surface area contributed by atoms with E-state index in [1.54, 1.807) is 0 Å². The van der Waals surface area contributed by atoms with Gasteiger partial charge < -0.3 is 15.4 Å². The summed E-state index contributed by atoms with van der Waals surface area (Å²) < 4.78 is 5.87. The number of pyridine rings is 1. The molecule has 0 radical (unpaired) electrons. The van der Waals surface area contributed by atoms with E-state index in [2.05, 4.69) is 14.8 Å². The fourth-order valence-electron chi connectivity index (χ4n) is 2.63. The van der Waals surface area contributed by atoms with Gasteiger partial charge in [0.1, 0.15) is 0 Å². The fourth-order valence-corrected chi connectivity index (χ4v) is 2.63. The number of rotatable bonds is 7. The molecule has 0 spiro atoms. The number of anilines is 1. The van der Waals surface area contributed by atoms with Gasteiger partial charge in [0.05, 0.1) is 6.10 Å². The maximum Gasteiger partial charge on any atom is 0.171 e. The summed E-state index contributed by atoms with van der Waals surface area (Å²) in [4.78, 5) is 9.36. The number of hydrogen-bond donors (Lipinski definition) is 1. The first-order chi connectivity index (χ1) is 10.2. The number of nitrogens with zero attached hydrogens (tertiary/aromatic N) is 3. The van der Waals surface area contributed by atoms with Crippen LogP contribution in [0.1, 0.15) is 26.7 Å². The maximum absolute atomic E-state index is 5.87. The van der Waals surface area contributed by atoms with Crippen LogP contribution in [0.5, 0.6) is 5.75 Å². The normalized spacial score (nSPS) is 16.5. The van der Waals surface area contributed by atoms with Crippen molar-refractivity contribution in [1.29, 1.82) is 0 Å². The Hall–Kier alpha value is -1.33. The predicted octanol–water partition coefficient (Wildman–Crippen LogP) is 1.73. The van der Waals surface area contributed by atoms with E-state index in [1.807, 2.05) is 32.2 Å². The molecule has 118 valence electrons. The zero-order valence-electron chi connectivity index (χ0n) is 13.3. The van der Waals surface area contributed by atoms with Crippen molar-refractivity contribution < 1.29 is 4.74 Å². The Kier molecular flexibility index (Phi) is 6.26. The Balaban J connectivity index is 1.90. The molecule has 21 heavy (non-hydrogen) atoms. The van der Waals surface area contributed by atoms with Crippen LogP contribution in [0.3, 0.4) is 0 Å². The average molecular weight is 292 g/mol. The van der Waals surface area contributed by atoms with Gasteiger partial charge in [-0.2, -0.15) is 0 Å². The lowest BCUT2D eigenvalue weighted by molar-refractivity contribution is 0.235. The third-order valence-electron chi connectivity index (χ3n) is 3.71. The summed E-state index contributed by atoms with van der Waals surface area (Å²) in [6.45, 7) is 10.2. The fraction of sp³-hybridized carbons (Fsp3) is 0.688. The molecule has 2 N–H and O–H groups in total. The molecule has 1 aliphatic heterocycles. The number of aromatic nitrogens is 1. The molecule has 0 bridgehead atoms. The molecule has 2 heterocycles. The van der Waals surface area contributed by atoms with Crippen LogP contribution in [0, 0.1) is 0 Å². The summed E-state index contributed by atoms with van der Waals surface area (Å²) in [6, 6.07) is 3.94. The topological polar surface area (TPSA) is 54.6 Å². The van der Waals surface area contributed by atoms with Gasteiger partial charge in [-0.05, 0) is 51.9 Å². The average Bonchev–Trinajstić information content (AvgIpc) is 2.48. The molecule has 0 amide bonds. The van der Waals surface area contributed by atoms with Gasteiger partial charge in [0.15, 0.2) is 11.6 Å². The van der Waals surface area contributed by atoms with E-state index < -0.39 is 0 Å². The van der Waals surface area contributed by atoms with E-state index in [0.29, 0.717) is 0 Å². The Labute approximate surface area is 128 Å². The largest absolute Gasteiger partial charge is 0.487 e. The summed E-state index contributed by atoms with van der Waals surface area (Å²) in [5, 5.41) is 0. The van der Waals surface area contributed by atoms with Crippen molar-refractivity contribution in [3.8, 4) is 5.75 Å². The third kappa shape index (κ3) is 4.86. The van der Waals surface area contributed by atoms with Gasteiger partial charge in [-0.1, -0.05) is 0 Å². The van der Waals surface area contributed by atoms with Gasteiger partial charge in [0, 0.05) is 32.4 Å². The van der Waals surface area contributed by atoms with Crippen molar-refractivity contribution >= 4 is 5.82 Å². The SMILES string of the molecule is CC(C)Oc1cccnc1N1CCN(CCCCN)CC1. The van der Waals surface area contributed by atoms with Crippen molar-refractivity contribution in [1.82, 2.24) is 9.88 Å². The highest BCUT2D eigenvalue weighted by Gasteiger charge is 2.20. The van der Waals surface area contributed by atoms with Gasteiger partial charge in [-0.15, -0.1) is 0 Å². The van der Waals surface area contributed by atoms with Gasteiger partial charge in [0.25, 0.3) is 0 Å².